The summed E-state index contributed by atoms with van der Waals surface area (Å²) < 4.78 is 0. The summed E-state index contributed by atoms with van der Waals surface area (Å²) in [5.74, 6) is -0.910. The largest absolute Gasteiger partial charge is 0.478 e. The molecule has 0 spiro atoms. The van der Waals surface area contributed by atoms with Gasteiger partial charge in [-0.2, -0.15) is 0 Å². The lowest BCUT2D eigenvalue weighted by Crippen LogP contribution is -2.25. The number of aliphatic hydroxyl groups is 1. The van der Waals surface area contributed by atoms with Crippen LogP contribution in [0.5, 0.6) is 0 Å². The minimum atomic E-state index is -0.910. The summed E-state index contributed by atoms with van der Waals surface area (Å²) in [4.78, 5) is 13.1. The van der Waals surface area contributed by atoms with Crippen molar-refractivity contribution in [2.24, 2.45) is 0 Å². The van der Waals surface area contributed by atoms with Gasteiger partial charge in [0.15, 0.2) is 0 Å². The first kappa shape index (κ1) is 17.8. The molecule has 0 unspecified atom stereocenters. The zero-order chi connectivity index (χ0) is 17.5. The van der Waals surface area contributed by atoms with E-state index in [2.05, 4.69) is 11.8 Å². The fourth-order valence-corrected chi connectivity index (χ4v) is 2.57. The van der Waals surface area contributed by atoms with Gasteiger partial charge >= 0.3 is 5.97 Å². The van der Waals surface area contributed by atoms with Gasteiger partial charge in [0.05, 0.1) is 12.2 Å². The first-order valence-corrected chi connectivity index (χ1v) is 8.03. The second-order valence-electron chi connectivity index (χ2n) is 5.60. The third-order valence-corrected chi connectivity index (χ3v) is 3.98. The molecular weight excluding hydrogens is 302 g/mol. The van der Waals surface area contributed by atoms with Crippen molar-refractivity contribution in [1.82, 2.24) is 0 Å². The molecule has 2 aromatic carbocycles. The van der Waals surface area contributed by atoms with E-state index in [4.69, 9.17) is 10.2 Å². The average Bonchev–Trinajstić information content (AvgIpc) is 2.59. The summed E-state index contributed by atoms with van der Waals surface area (Å²) in [7, 11) is 0. The topological polar surface area (TPSA) is 60.8 Å². The van der Waals surface area contributed by atoms with E-state index in [-0.39, 0.29) is 6.61 Å². The number of rotatable bonds is 7. The number of hydrogen-bond acceptors (Lipinski definition) is 3. The summed E-state index contributed by atoms with van der Waals surface area (Å²) in [6.07, 6.45) is 4.00. The van der Waals surface area contributed by atoms with Gasteiger partial charge in [-0.25, -0.2) is 4.79 Å². The minimum Gasteiger partial charge on any atom is -0.478 e. The molecule has 0 radical (unpaired) electrons. The van der Waals surface area contributed by atoms with Crippen LogP contribution in [0.3, 0.4) is 0 Å². The second-order valence-corrected chi connectivity index (χ2v) is 5.60. The fraction of sp³-hybridized carbons (Fsp3) is 0.250. The Morgan fingerprint density at radius 2 is 1.83 bits per heavy atom. The zero-order valence-electron chi connectivity index (χ0n) is 14.1. The Morgan fingerprint density at radius 3 is 2.38 bits per heavy atom. The number of nitrogens with zero attached hydrogens (tertiary/aromatic N) is 1. The third kappa shape index (κ3) is 4.46. The van der Waals surface area contributed by atoms with Gasteiger partial charge in [-0.05, 0) is 54.8 Å². The SMILES string of the molecule is CCN(CCO)c1ccc(C=Cc2ccc(C(=O)O)cc2C)cc1. The molecule has 0 bridgehead atoms. The summed E-state index contributed by atoms with van der Waals surface area (Å²) >= 11 is 0. The summed E-state index contributed by atoms with van der Waals surface area (Å²) in [6.45, 7) is 5.59. The molecule has 0 aliphatic heterocycles. The molecule has 0 amide bonds. The molecule has 24 heavy (non-hydrogen) atoms. The van der Waals surface area contributed by atoms with E-state index in [0.29, 0.717) is 12.1 Å². The van der Waals surface area contributed by atoms with Gasteiger partial charge in [0.2, 0.25) is 0 Å². The van der Waals surface area contributed by atoms with E-state index in [1.54, 1.807) is 12.1 Å². The summed E-state index contributed by atoms with van der Waals surface area (Å²) in [6, 6.07) is 13.3. The third-order valence-electron chi connectivity index (χ3n) is 3.98. The highest BCUT2D eigenvalue weighted by atomic mass is 16.4. The van der Waals surface area contributed by atoms with Gasteiger partial charge in [-0.1, -0.05) is 30.4 Å². The molecule has 0 aromatic heterocycles. The van der Waals surface area contributed by atoms with Gasteiger partial charge in [0, 0.05) is 18.8 Å². The van der Waals surface area contributed by atoms with Crippen LogP contribution in [0.2, 0.25) is 0 Å². The van der Waals surface area contributed by atoms with Crippen molar-refractivity contribution in [3.63, 3.8) is 0 Å². The first-order chi connectivity index (χ1) is 11.5. The molecule has 0 saturated carbocycles. The van der Waals surface area contributed by atoms with E-state index in [9.17, 15) is 4.79 Å². The molecule has 0 heterocycles. The highest BCUT2D eigenvalue weighted by Crippen LogP contribution is 2.18. The Labute approximate surface area is 142 Å². The molecule has 0 aliphatic rings. The molecule has 0 saturated heterocycles. The lowest BCUT2D eigenvalue weighted by Gasteiger charge is -2.21. The van der Waals surface area contributed by atoms with Crippen molar-refractivity contribution in [3.8, 4) is 0 Å². The molecule has 4 heteroatoms. The van der Waals surface area contributed by atoms with Crippen molar-refractivity contribution < 1.29 is 15.0 Å². The Kier molecular flexibility index (Phi) is 6.15. The number of aromatic carboxylic acids is 1. The predicted molar refractivity (Wildman–Crippen MR) is 98.5 cm³/mol. The standard InChI is InChI=1S/C20H23NO3/c1-3-21(12-13-22)19-10-5-16(6-11-19)4-7-17-8-9-18(20(23)24)14-15(17)2/h4-11,14,22H,3,12-13H2,1-2H3,(H,23,24). The number of aryl methyl sites for hydroxylation is 1. The Bertz CT molecular complexity index is 720. The number of aliphatic hydroxyl groups excluding tert-OH is 1. The smallest absolute Gasteiger partial charge is 0.335 e. The number of carbonyl (C=O) groups is 1. The lowest BCUT2D eigenvalue weighted by atomic mass is 10.0. The lowest BCUT2D eigenvalue weighted by molar-refractivity contribution is 0.0697. The van der Waals surface area contributed by atoms with E-state index in [0.717, 1.165) is 28.9 Å². The van der Waals surface area contributed by atoms with Gasteiger partial charge in [-0.3, -0.25) is 0 Å². The van der Waals surface area contributed by atoms with Crippen molar-refractivity contribution >= 4 is 23.8 Å². The Balaban J connectivity index is 2.13. The van der Waals surface area contributed by atoms with Crippen molar-refractivity contribution in [1.29, 1.82) is 0 Å². The molecule has 2 N–H and O–H groups in total. The van der Waals surface area contributed by atoms with Crippen molar-refractivity contribution in [2.75, 3.05) is 24.6 Å². The minimum absolute atomic E-state index is 0.140. The number of likely N-dealkylation sites (N-methyl/N-ethyl adjacent to an activating group) is 1. The normalized spacial score (nSPS) is 11.0. The number of hydrogen-bond donors (Lipinski definition) is 2. The predicted octanol–water partition coefficient (Wildman–Crippen LogP) is 3.68. The number of carboxylic acid groups (broad SMARTS) is 1. The number of carboxylic acids is 1. The zero-order valence-corrected chi connectivity index (χ0v) is 14.1. The van der Waals surface area contributed by atoms with Crippen LogP contribution in [0.4, 0.5) is 5.69 Å². The maximum atomic E-state index is 11.0. The van der Waals surface area contributed by atoms with E-state index in [1.165, 1.54) is 0 Å². The quantitative estimate of drug-likeness (QED) is 0.762. The highest BCUT2D eigenvalue weighted by molar-refractivity contribution is 5.88. The van der Waals surface area contributed by atoms with Crippen LogP contribution in [-0.2, 0) is 0 Å². The molecule has 0 aliphatic carbocycles. The molecule has 4 nitrogen and oxygen atoms in total. The Hall–Kier alpha value is -2.59. The van der Waals surface area contributed by atoms with Crippen LogP contribution in [0.1, 0.15) is 34.0 Å². The van der Waals surface area contributed by atoms with E-state index < -0.39 is 5.97 Å². The van der Waals surface area contributed by atoms with Crippen LogP contribution >= 0.6 is 0 Å². The summed E-state index contributed by atoms with van der Waals surface area (Å²) in [5.41, 5.74) is 4.39. The van der Waals surface area contributed by atoms with Gasteiger partial charge in [-0.15, -0.1) is 0 Å². The van der Waals surface area contributed by atoms with Crippen LogP contribution < -0.4 is 4.90 Å². The fourth-order valence-electron chi connectivity index (χ4n) is 2.57. The van der Waals surface area contributed by atoms with Crippen molar-refractivity contribution in [2.45, 2.75) is 13.8 Å². The number of anilines is 1. The monoisotopic (exact) mass is 325 g/mol. The maximum absolute atomic E-state index is 11.0. The van der Waals surface area contributed by atoms with Crippen LogP contribution in [0, 0.1) is 6.92 Å². The molecular formula is C20H23NO3. The van der Waals surface area contributed by atoms with Crippen LogP contribution in [-0.4, -0.2) is 35.9 Å². The van der Waals surface area contributed by atoms with E-state index in [1.807, 2.05) is 49.4 Å². The molecule has 126 valence electrons. The van der Waals surface area contributed by atoms with Crippen LogP contribution in [0.15, 0.2) is 42.5 Å². The molecule has 2 aromatic rings. The van der Waals surface area contributed by atoms with Crippen LogP contribution in [0.25, 0.3) is 12.2 Å². The highest BCUT2D eigenvalue weighted by Gasteiger charge is 2.04. The van der Waals surface area contributed by atoms with Crippen molar-refractivity contribution in [3.05, 3.63) is 64.7 Å². The maximum Gasteiger partial charge on any atom is 0.335 e. The molecule has 0 fully saturated rings. The number of benzene rings is 2. The van der Waals surface area contributed by atoms with E-state index >= 15 is 0 Å². The molecule has 0 atom stereocenters. The van der Waals surface area contributed by atoms with Gasteiger partial charge in [0.25, 0.3) is 0 Å². The van der Waals surface area contributed by atoms with Gasteiger partial charge < -0.3 is 15.1 Å². The second kappa shape index (κ2) is 8.31. The first-order valence-electron chi connectivity index (χ1n) is 8.03. The average molecular weight is 325 g/mol. The Morgan fingerprint density at radius 1 is 1.12 bits per heavy atom. The van der Waals surface area contributed by atoms with Gasteiger partial charge in [0.1, 0.15) is 0 Å². The molecule has 2 rings (SSSR count). The summed E-state index contributed by atoms with van der Waals surface area (Å²) in [5, 5.41) is 18.1.